The summed E-state index contributed by atoms with van der Waals surface area (Å²) >= 11 is 0. The maximum Gasteiger partial charge on any atom is 0.338 e. The number of esters is 1. The average Bonchev–Trinajstić information content (AvgIpc) is 2.54. The quantitative estimate of drug-likeness (QED) is 0.833. The molecule has 1 amide bonds. The molecule has 0 unspecified atom stereocenters. The second-order valence-electron chi connectivity index (χ2n) is 4.00. The van der Waals surface area contributed by atoms with E-state index in [0.717, 1.165) is 0 Å². The molecule has 0 radical (unpaired) electrons. The van der Waals surface area contributed by atoms with Crippen molar-refractivity contribution in [3.05, 3.63) is 41.5 Å². The molecule has 0 aromatic heterocycles. The summed E-state index contributed by atoms with van der Waals surface area (Å²) < 4.78 is 4.61. The third-order valence-electron chi connectivity index (χ3n) is 2.84. The standard InChI is InChI=1S/C14H13NO4.C2H6/c1-15-13(17)8-3-4-11-9(5-8)6-10(7-12(11)16)14(18)19-2;1-2/h3-7,16H,1-2H3,(H,15,17);1-2H3. The summed E-state index contributed by atoms with van der Waals surface area (Å²) in [5.41, 5.74) is 0.693. The fourth-order valence-corrected chi connectivity index (χ4v) is 1.87. The number of phenols is 1. The molecule has 112 valence electrons. The van der Waals surface area contributed by atoms with E-state index < -0.39 is 5.97 Å². The van der Waals surface area contributed by atoms with E-state index in [1.807, 2.05) is 13.8 Å². The minimum absolute atomic E-state index is 0.0265. The van der Waals surface area contributed by atoms with Crippen molar-refractivity contribution in [3.63, 3.8) is 0 Å². The number of aromatic hydroxyl groups is 1. The lowest BCUT2D eigenvalue weighted by molar-refractivity contribution is 0.0600. The van der Waals surface area contributed by atoms with E-state index in [1.165, 1.54) is 20.2 Å². The molecule has 5 nitrogen and oxygen atoms in total. The Morgan fingerprint density at radius 1 is 1.10 bits per heavy atom. The number of phenolic OH excluding ortho intramolecular Hbond substituents is 1. The Kier molecular flexibility index (Phi) is 5.72. The van der Waals surface area contributed by atoms with Crippen LogP contribution in [0.15, 0.2) is 30.3 Å². The van der Waals surface area contributed by atoms with Gasteiger partial charge < -0.3 is 15.2 Å². The Morgan fingerprint density at radius 2 is 1.71 bits per heavy atom. The minimum Gasteiger partial charge on any atom is -0.507 e. The molecule has 0 atom stereocenters. The summed E-state index contributed by atoms with van der Waals surface area (Å²) in [4.78, 5) is 23.0. The van der Waals surface area contributed by atoms with Gasteiger partial charge in [-0.2, -0.15) is 0 Å². The third kappa shape index (κ3) is 3.51. The molecular weight excluding hydrogens is 270 g/mol. The molecule has 21 heavy (non-hydrogen) atoms. The smallest absolute Gasteiger partial charge is 0.338 e. The zero-order valence-corrected chi connectivity index (χ0v) is 12.6. The predicted molar refractivity (Wildman–Crippen MR) is 81.7 cm³/mol. The number of rotatable bonds is 2. The van der Waals surface area contributed by atoms with Crippen molar-refractivity contribution in [3.8, 4) is 5.75 Å². The lowest BCUT2D eigenvalue weighted by Crippen LogP contribution is -2.17. The van der Waals surface area contributed by atoms with Crippen LogP contribution in [0.2, 0.25) is 0 Å². The van der Waals surface area contributed by atoms with Crippen LogP contribution >= 0.6 is 0 Å². The summed E-state index contributed by atoms with van der Waals surface area (Å²) in [6, 6.07) is 7.77. The number of carbonyl (C=O) groups is 2. The molecule has 0 spiro atoms. The topological polar surface area (TPSA) is 75.6 Å². The summed E-state index contributed by atoms with van der Waals surface area (Å²) in [6.45, 7) is 4.00. The monoisotopic (exact) mass is 289 g/mol. The van der Waals surface area contributed by atoms with Gasteiger partial charge >= 0.3 is 5.97 Å². The average molecular weight is 289 g/mol. The highest BCUT2D eigenvalue weighted by Gasteiger charge is 2.11. The number of carbonyl (C=O) groups excluding carboxylic acids is 2. The van der Waals surface area contributed by atoms with Crippen LogP contribution in [0.3, 0.4) is 0 Å². The second kappa shape index (κ2) is 7.28. The largest absolute Gasteiger partial charge is 0.507 e. The molecular formula is C16H19NO4. The first-order valence-electron chi connectivity index (χ1n) is 6.64. The highest BCUT2D eigenvalue weighted by Crippen LogP contribution is 2.27. The molecule has 0 aliphatic carbocycles. The van der Waals surface area contributed by atoms with E-state index >= 15 is 0 Å². The predicted octanol–water partition coefficient (Wildman–Crippen LogP) is 2.72. The molecule has 0 saturated carbocycles. The van der Waals surface area contributed by atoms with Crippen molar-refractivity contribution in [1.82, 2.24) is 5.32 Å². The third-order valence-corrected chi connectivity index (χ3v) is 2.84. The Morgan fingerprint density at radius 3 is 2.29 bits per heavy atom. The van der Waals surface area contributed by atoms with Crippen molar-refractivity contribution < 1.29 is 19.4 Å². The number of benzene rings is 2. The fourth-order valence-electron chi connectivity index (χ4n) is 1.87. The van der Waals surface area contributed by atoms with Crippen LogP contribution in [0.5, 0.6) is 5.75 Å². The normalized spacial score (nSPS) is 9.52. The maximum atomic E-state index is 11.6. The highest BCUT2D eigenvalue weighted by atomic mass is 16.5. The molecule has 0 saturated heterocycles. The SMILES string of the molecule is CC.CNC(=O)c1ccc2c(O)cc(C(=O)OC)cc2c1. The van der Waals surface area contributed by atoms with E-state index in [2.05, 4.69) is 10.1 Å². The van der Waals surface area contributed by atoms with Gasteiger partial charge in [0, 0.05) is 18.0 Å². The van der Waals surface area contributed by atoms with Crippen LogP contribution in [0.1, 0.15) is 34.6 Å². The summed E-state index contributed by atoms with van der Waals surface area (Å²) in [5.74, 6) is -0.797. The van der Waals surface area contributed by atoms with Gasteiger partial charge in [-0.15, -0.1) is 0 Å². The summed E-state index contributed by atoms with van der Waals surface area (Å²) in [5, 5.41) is 13.6. The van der Waals surface area contributed by atoms with E-state index in [4.69, 9.17) is 0 Å². The van der Waals surface area contributed by atoms with Gasteiger partial charge in [0.15, 0.2) is 0 Å². The van der Waals surface area contributed by atoms with Crippen molar-refractivity contribution in [2.45, 2.75) is 13.8 Å². The molecule has 0 aliphatic rings. The van der Waals surface area contributed by atoms with Crippen molar-refractivity contribution in [2.75, 3.05) is 14.2 Å². The van der Waals surface area contributed by atoms with Crippen LogP contribution in [0.4, 0.5) is 0 Å². The minimum atomic E-state index is -0.539. The highest BCUT2D eigenvalue weighted by molar-refractivity contribution is 6.02. The second-order valence-corrected chi connectivity index (χ2v) is 4.00. The first-order valence-corrected chi connectivity index (χ1v) is 6.64. The molecule has 0 aliphatic heterocycles. The first kappa shape index (κ1) is 16.5. The number of nitrogens with one attached hydrogen (secondary N) is 1. The summed E-state index contributed by atoms with van der Waals surface area (Å²) in [7, 11) is 2.80. The van der Waals surface area contributed by atoms with Crippen molar-refractivity contribution >= 4 is 22.6 Å². The van der Waals surface area contributed by atoms with Crippen LogP contribution in [-0.2, 0) is 4.74 Å². The van der Waals surface area contributed by atoms with Crippen LogP contribution in [-0.4, -0.2) is 31.1 Å². The number of amides is 1. The Labute approximate surface area is 123 Å². The van der Waals surface area contributed by atoms with Crippen LogP contribution in [0, 0.1) is 0 Å². The van der Waals surface area contributed by atoms with Gasteiger partial charge in [-0.3, -0.25) is 4.79 Å². The number of methoxy groups -OCH3 is 1. The lowest BCUT2D eigenvalue weighted by atomic mass is 10.0. The zero-order valence-electron chi connectivity index (χ0n) is 12.6. The number of ether oxygens (including phenoxy) is 1. The van der Waals surface area contributed by atoms with Gasteiger partial charge in [-0.25, -0.2) is 4.79 Å². The van der Waals surface area contributed by atoms with Gasteiger partial charge in [0.2, 0.25) is 0 Å². The molecule has 0 heterocycles. The van der Waals surface area contributed by atoms with E-state index in [1.54, 1.807) is 24.3 Å². The molecule has 2 aromatic carbocycles. The maximum absolute atomic E-state index is 11.6. The Balaban J connectivity index is 0.00000106. The number of hydrogen-bond acceptors (Lipinski definition) is 4. The number of hydrogen-bond donors (Lipinski definition) is 2. The van der Waals surface area contributed by atoms with Gasteiger partial charge in [0.25, 0.3) is 5.91 Å². The zero-order chi connectivity index (χ0) is 16.0. The van der Waals surface area contributed by atoms with E-state index in [9.17, 15) is 14.7 Å². The Bertz CT molecular complexity index is 659. The molecule has 2 aromatic rings. The Hall–Kier alpha value is -2.56. The van der Waals surface area contributed by atoms with E-state index in [-0.39, 0.29) is 17.2 Å². The van der Waals surface area contributed by atoms with Crippen LogP contribution in [0.25, 0.3) is 10.8 Å². The molecule has 0 bridgehead atoms. The van der Waals surface area contributed by atoms with Gasteiger partial charge in [0.1, 0.15) is 5.75 Å². The number of fused-ring (bicyclic) bond motifs is 1. The van der Waals surface area contributed by atoms with Gasteiger partial charge in [-0.05, 0) is 35.7 Å². The molecule has 5 heteroatoms. The molecule has 2 rings (SSSR count). The molecule has 0 fully saturated rings. The lowest BCUT2D eigenvalue weighted by Gasteiger charge is -2.07. The van der Waals surface area contributed by atoms with Gasteiger partial charge in [0.05, 0.1) is 12.7 Å². The summed E-state index contributed by atoms with van der Waals surface area (Å²) in [6.07, 6.45) is 0. The van der Waals surface area contributed by atoms with Crippen molar-refractivity contribution in [1.29, 1.82) is 0 Å². The molecule has 2 N–H and O–H groups in total. The fraction of sp³-hybridized carbons (Fsp3) is 0.250. The van der Waals surface area contributed by atoms with Crippen LogP contribution < -0.4 is 5.32 Å². The van der Waals surface area contributed by atoms with Gasteiger partial charge in [-0.1, -0.05) is 13.8 Å². The van der Waals surface area contributed by atoms with E-state index in [0.29, 0.717) is 16.3 Å². The first-order chi connectivity index (χ1) is 10.1. The van der Waals surface area contributed by atoms with Crippen molar-refractivity contribution in [2.24, 2.45) is 0 Å².